The zero-order chi connectivity index (χ0) is 11.1. The lowest BCUT2D eigenvalue weighted by molar-refractivity contribution is -0.0514. The van der Waals surface area contributed by atoms with Crippen LogP contribution in [0.4, 0.5) is 8.78 Å². The van der Waals surface area contributed by atoms with E-state index >= 15 is 0 Å². The van der Waals surface area contributed by atoms with E-state index in [0.717, 1.165) is 5.56 Å². The maximum Gasteiger partial charge on any atom is 0.248 e. The van der Waals surface area contributed by atoms with Crippen LogP contribution in [0.3, 0.4) is 0 Å². The second kappa shape index (κ2) is 3.27. The average Bonchev–Trinajstić information content (AvgIpc) is 2.59. The molecule has 0 atom stereocenters. The van der Waals surface area contributed by atoms with Gasteiger partial charge in [-0.2, -0.15) is 5.10 Å². The number of rotatable bonds is 1. The lowest BCUT2D eigenvalue weighted by atomic mass is 9.77. The van der Waals surface area contributed by atoms with Gasteiger partial charge in [-0.1, -0.05) is 0 Å². The highest BCUT2D eigenvalue weighted by Crippen LogP contribution is 2.41. The molecule has 2 N–H and O–H groups in total. The van der Waals surface area contributed by atoms with Crippen molar-refractivity contribution in [2.45, 2.75) is 37.1 Å². The molecule has 2 rings (SSSR count). The van der Waals surface area contributed by atoms with E-state index in [4.69, 9.17) is 5.73 Å². The number of hydrogen-bond donors (Lipinski definition) is 1. The molecular weight excluding hydrogens is 200 g/mol. The molecule has 84 valence electrons. The number of aryl methyl sites for hydroxylation is 1. The van der Waals surface area contributed by atoms with E-state index in [1.165, 1.54) is 0 Å². The maximum atomic E-state index is 13.0. The van der Waals surface area contributed by atoms with Crippen molar-refractivity contribution < 1.29 is 8.78 Å². The van der Waals surface area contributed by atoms with Crippen molar-refractivity contribution in [1.82, 2.24) is 9.78 Å². The van der Waals surface area contributed by atoms with Crippen molar-refractivity contribution in [2.24, 2.45) is 12.8 Å². The van der Waals surface area contributed by atoms with Gasteiger partial charge in [0.25, 0.3) is 0 Å². The summed E-state index contributed by atoms with van der Waals surface area (Å²) in [5.41, 5.74) is 6.37. The first-order chi connectivity index (χ1) is 6.91. The lowest BCUT2D eigenvalue weighted by Crippen LogP contribution is -2.43. The summed E-state index contributed by atoms with van der Waals surface area (Å²) in [5.74, 6) is -2.54. The average molecular weight is 215 g/mol. The van der Waals surface area contributed by atoms with Crippen LogP contribution in [-0.4, -0.2) is 15.7 Å². The Labute approximate surface area is 87.3 Å². The van der Waals surface area contributed by atoms with E-state index in [9.17, 15) is 8.78 Å². The summed E-state index contributed by atoms with van der Waals surface area (Å²) in [6.45, 7) is 0. The Morgan fingerprint density at radius 2 is 1.93 bits per heavy atom. The second-order valence-corrected chi connectivity index (χ2v) is 4.41. The van der Waals surface area contributed by atoms with Crippen molar-refractivity contribution >= 4 is 0 Å². The Hall–Kier alpha value is -0.970. The van der Waals surface area contributed by atoms with Crippen LogP contribution >= 0.6 is 0 Å². The third-order valence-electron chi connectivity index (χ3n) is 3.15. The van der Waals surface area contributed by atoms with Crippen LogP contribution < -0.4 is 5.73 Å². The van der Waals surface area contributed by atoms with Gasteiger partial charge in [-0.25, -0.2) is 8.78 Å². The number of halogens is 2. The van der Waals surface area contributed by atoms with E-state index in [1.54, 1.807) is 17.9 Å². The van der Waals surface area contributed by atoms with Crippen LogP contribution in [0.1, 0.15) is 31.2 Å². The highest BCUT2D eigenvalue weighted by molar-refractivity contribution is 5.18. The van der Waals surface area contributed by atoms with Crippen molar-refractivity contribution in [3.8, 4) is 0 Å². The van der Waals surface area contributed by atoms with Gasteiger partial charge in [-0.3, -0.25) is 4.68 Å². The van der Waals surface area contributed by atoms with Gasteiger partial charge in [0.05, 0.1) is 6.20 Å². The molecule has 0 saturated heterocycles. The molecule has 1 fully saturated rings. The van der Waals surface area contributed by atoms with Crippen LogP contribution in [-0.2, 0) is 12.6 Å². The summed E-state index contributed by atoms with van der Waals surface area (Å²) in [6.07, 6.45) is 3.88. The van der Waals surface area contributed by atoms with Gasteiger partial charge in [-0.15, -0.1) is 0 Å². The lowest BCUT2D eigenvalue weighted by Gasteiger charge is -2.36. The number of hydrogen-bond acceptors (Lipinski definition) is 2. The van der Waals surface area contributed by atoms with Gasteiger partial charge in [0.2, 0.25) is 5.92 Å². The third kappa shape index (κ3) is 2.02. The second-order valence-electron chi connectivity index (χ2n) is 4.41. The Bertz CT molecular complexity index is 349. The normalized spacial score (nSPS) is 24.0. The minimum Gasteiger partial charge on any atom is -0.321 e. The molecule has 1 heterocycles. The predicted octanol–water partition coefficient (Wildman–Crippen LogP) is 1.78. The topological polar surface area (TPSA) is 43.8 Å². The molecule has 0 bridgehead atoms. The van der Waals surface area contributed by atoms with E-state index in [2.05, 4.69) is 5.10 Å². The molecule has 1 aliphatic carbocycles. The molecule has 1 aromatic rings. The predicted molar refractivity (Wildman–Crippen MR) is 52.5 cm³/mol. The minimum atomic E-state index is -2.54. The summed E-state index contributed by atoms with van der Waals surface area (Å²) in [7, 11) is 1.80. The Morgan fingerprint density at radius 3 is 2.40 bits per heavy atom. The molecule has 15 heavy (non-hydrogen) atoms. The highest BCUT2D eigenvalue weighted by atomic mass is 19.3. The molecule has 0 aliphatic heterocycles. The monoisotopic (exact) mass is 215 g/mol. The fourth-order valence-electron chi connectivity index (χ4n) is 2.03. The van der Waals surface area contributed by atoms with E-state index in [1.807, 2.05) is 6.20 Å². The molecular formula is C10H15F2N3. The van der Waals surface area contributed by atoms with Crippen molar-refractivity contribution in [3.63, 3.8) is 0 Å². The summed E-state index contributed by atoms with van der Waals surface area (Å²) in [5, 5.41) is 4.02. The molecule has 0 aromatic carbocycles. The van der Waals surface area contributed by atoms with Crippen molar-refractivity contribution in [2.75, 3.05) is 0 Å². The van der Waals surface area contributed by atoms with Crippen LogP contribution in [0.25, 0.3) is 0 Å². The Balaban J connectivity index is 2.16. The number of alkyl halides is 2. The molecule has 0 radical (unpaired) electrons. The Morgan fingerprint density at radius 1 is 1.33 bits per heavy atom. The Kier molecular flexibility index (Phi) is 2.30. The first kappa shape index (κ1) is 10.5. The summed E-state index contributed by atoms with van der Waals surface area (Å²) < 4.78 is 27.6. The fraction of sp³-hybridized carbons (Fsp3) is 0.700. The molecule has 1 aromatic heterocycles. The summed E-state index contributed by atoms with van der Waals surface area (Å²) in [4.78, 5) is 0. The highest BCUT2D eigenvalue weighted by Gasteiger charge is 2.42. The van der Waals surface area contributed by atoms with Crippen LogP contribution in [0.5, 0.6) is 0 Å². The fourth-order valence-corrected chi connectivity index (χ4v) is 2.03. The number of nitrogens with zero attached hydrogens (tertiary/aromatic N) is 2. The quantitative estimate of drug-likeness (QED) is 0.776. The molecule has 3 nitrogen and oxygen atoms in total. The van der Waals surface area contributed by atoms with Gasteiger partial charge in [0.15, 0.2) is 0 Å². The van der Waals surface area contributed by atoms with Crippen molar-refractivity contribution in [1.29, 1.82) is 0 Å². The van der Waals surface area contributed by atoms with E-state index < -0.39 is 11.5 Å². The van der Waals surface area contributed by atoms with Gasteiger partial charge < -0.3 is 5.73 Å². The van der Waals surface area contributed by atoms with Gasteiger partial charge in [0, 0.05) is 37.2 Å². The smallest absolute Gasteiger partial charge is 0.248 e. The van der Waals surface area contributed by atoms with E-state index in [0.29, 0.717) is 12.8 Å². The summed E-state index contributed by atoms with van der Waals surface area (Å²) >= 11 is 0. The zero-order valence-corrected chi connectivity index (χ0v) is 8.71. The van der Waals surface area contributed by atoms with Crippen LogP contribution in [0.15, 0.2) is 12.4 Å². The van der Waals surface area contributed by atoms with Crippen LogP contribution in [0.2, 0.25) is 0 Å². The van der Waals surface area contributed by atoms with Gasteiger partial charge in [-0.05, 0) is 12.8 Å². The standard InChI is InChI=1S/C10H15F2N3/c1-15-7-8(6-14-15)9(13)2-4-10(11,12)5-3-9/h6-7H,2-5,13H2,1H3. The third-order valence-corrected chi connectivity index (χ3v) is 3.15. The van der Waals surface area contributed by atoms with Gasteiger partial charge in [0.1, 0.15) is 0 Å². The molecule has 0 amide bonds. The number of aromatic nitrogens is 2. The molecule has 1 saturated carbocycles. The molecule has 0 spiro atoms. The first-order valence-corrected chi connectivity index (χ1v) is 5.07. The van der Waals surface area contributed by atoms with Gasteiger partial charge >= 0.3 is 0 Å². The molecule has 1 aliphatic rings. The van der Waals surface area contributed by atoms with E-state index in [-0.39, 0.29) is 12.8 Å². The zero-order valence-electron chi connectivity index (χ0n) is 8.71. The molecule has 0 unspecified atom stereocenters. The van der Waals surface area contributed by atoms with Crippen LogP contribution in [0, 0.1) is 0 Å². The maximum absolute atomic E-state index is 13.0. The summed E-state index contributed by atoms with van der Waals surface area (Å²) in [6, 6.07) is 0. The SMILES string of the molecule is Cn1cc(C2(N)CCC(F)(F)CC2)cn1. The first-order valence-electron chi connectivity index (χ1n) is 5.07. The molecule has 5 heteroatoms. The number of nitrogens with two attached hydrogens (primary N) is 1. The minimum absolute atomic E-state index is 0.127. The van der Waals surface area contributed by atoms with Crippen molar-refractivity contribution in [3.05, 3.63) is 18.0 Å². The largest absolute Gasteiger partial charge is 0.321 e.